The molecule has 4 aromatic rings. The molecule has 0 fully saturated rings. The van der Waals surface area contributed by atoms with E-state index in [-0.39, 0.29) is 12.3 Å². The van der Waals surface area contributed by atoms with Crippen molar-refractivity contribution in [3.63, 3.8) is 0 Å². The van der Waals surface area contributed by atoms with E-state index >= 15 is 0 Å². The van der Waals surface area contributed by atoms with Crippen LogP contribution in [0, 0.1) is 11.8 Å². The fraction of sp³-hybridized carbons (Fsp3) is 0.0435. The number of nitrogens with zero attached hydrogens (tertiary/aromatic N) is 1. The molecule has 3 nitrogen and oxygen atoms in total. The summed E-state index contributed by atoms with van der Waals surface area (Å²) in [6.45, 7) is 0. The number of hydrogen-bond donors (Lipinski definition) is 1. The topological polar surface area (TPSA) is 42.0 Å². The van der Waals surface area contributed by atoms with Crippen LogP contribution in [0.5, 0.6) is 0 Å². The predicted molar refractivity (Wildman–Crippen MR) is 117 cm³/mol. The normalized spacial score (nSPS) is 10.1. The monoisotopic (exact) mass is 400 g/mol. The van der Waals surface area contributed by atoms with Crippen LogP contribution in [0.4, 0.5) is 5.69 Å². The van der Waals surface area contributed by atoms with Crippen LogP contribution in [-0.4, -0.2) is 10.9 Å². The molecule has 2 heterocycles. The summed E-state index contributed by atoms with van der Waals surface area (Å²) in [7, 11) is 0. The molecule has 5 heteroatoms. The van der Waals surface area contributed by atoms with E-state index in [4.69, 9.17) is 0 Å². The van der Waals surface area contributed by atoms with Gasteiger partial charge >= 0.3 is 0 Å². The van der Waals surface area contributed by atoms with Crippen LogP contribution >= 0.6 is 22.7 Å². The maximum atomic E-state index is 12.4. The quantitative estimate of drug-likeness (QED) is 0.463. The zero-order chi connectivity index (χ0) is 19.2. The second kappa shape index (κ2) is 8.66. The van der Waals surface area contributed by atoms with Gasteiger partial charge in [-0.1, -0.05) is 42.2 Å². The van der Waals surface area contributed by atoms with E-state index in [0.29, 0.717) is 0 Å². The minimum absolute atomic E-state index is 0.0869. The summed E-state index contributed by atoms with van der Waals surface area (Å²) in [5.41, 5.74) is 3.34. The molecule has 1 N–H and O–H groups in total. The Kier molecular flexibility index (Phi) is 5.62. The Hall–Kier alpha value is -3.20. The average Bonchev–Trinajstić information content (AvgIpc) is 3.39. The predicted octanol–water partition coefficient (Wildman–Crippen LogP) is 5.45. The Morgan fingerprint density at radius 1 is 0.929 bits per heavy atom. The number of anilines is 1. The van der Waals surface area contributed by atoms with Gasteiger partial charge in [-0.15, -0.1) is 22.7 Å². The van der Waals surface area contributed by atoms with Crippen molar-refractivity contribution >= 4 is 34.3 Å². The van der Waals surface area contributed by atoms with Crippen LogP contribution in [0.15, 0.2) is 77.5 Å². The lowest BCUT2D eigenvalue weighted by Crippen LogP contribution is -2.14. The van der Waals surface area contributed by atoms with Crippen molar-refractivity contribution in [1.82, 2.24) is 4.98 Å². The molecule has 0 radical (unpaired) electrons. The van der Waals surface area contributed by atoms with Crippen LogP contribution in [0.2, 0.25) is 0 Å². The molecule has 4 rings (SSSR count). The first-order valence-corrected chi connectivity index (χ1v) is 10.5. The van der Waals surface area contributed by atoms with Gasteiger partial charge in [0.25, 0.3) is 0 Å². The van der Waals surface area contributed by atoms with E-state index in [0.717, 1.165) is 32.4 Å². The number of hydrogen-bond acceptors (Lipinski definition) is 4. The van der Waals surface area contributed by atoms with Crippen LogP contribution in [0.1, 0.15) is 16.8 Å². The number of nitrogens with one attached hydrogen (secondary N) is 1. The standard InChI is InChI=1S/C23H16N2OS2/c26-22(15-20-16-28-23(25-20)21-10-5-13-27-21)24-19-9-4-8-18(14-19)12-11-17-6-2-1-3-7-17/h1-10,13-14,16H,15H2,(H,24,26). The van der Waals surface area contributed by atoms with E-state index in [1.165, 1.54) is 0 Å². The summed E-state index contributed by atoms with van der Waals surface area (Å²) in [5.74, 6) is 6.17. The van der Waals surface area contributed by atoms with Crippen molar-refractivity contribution in [1.29, 1.82) is 0 Å². The Morgan fingerprint density at radius 2 is 1.75 bits per heavy atom. The number of carbonyl (C=O) groups is 1. The van der Waals surface area contributed by atoms with Gasteiger partial charge in [-0.3, -0.25) is 4.79 Å². The Morgan fingerprint density at radius 3 is 2.57 bits per heavy atom. The molecule has 0 aliphatic carbocycles. The Labute approximate surface area is 171 Å². The molecule has 2 aromatic carbocycles. The van der Waals surface area contributed by atoms with Crippen molar-refractivity contribution in [2.24, 2.45) is 0 Å². The summed E-state index contributed by atoms with van der Waals surface area (Å²) in [6, 6.07) is 21.4. The van der Waals surface area contributed by atoms with Gasteiger partial charge in [0.2, 0.25) is 5.91 Å². The summed E-state index contributed by atoms with van der Waals surface area (Å²) in [4.78, 5) is 18.1. The van der Waals surface area contributed by atoms with Crippen molar-refractivity contribution in [3.8, 4) is 21.7 Å². The number of rotatable bonds is 4. The molecule has 0 saturated carbocycles. The fourth-order valence-corrected chi connectivity index (χ4v) is 4.25. The van der Waals surface area contributed by atoms with Crippen LogP contribution in [0.3, 0.4) is 0 Å². The van der Waals surface area contributed by atoms with Gasteiger partial charge in [-0.2, -0.15) is 0 Å². The third-order valence-electron chi connectivity index (χ3n) is 3.90. The van der Waals surface area contributed by atoms with Gasteiger partial charge in [-0.05, 0) is 41.8 Å². The van der Waals surface area contributed by atoms with Gasteiger partial charge in [0.15, 0.2) is 0 Å². The summed E-state index contributed by atoms with van der Waals surface area (Å²) in [6.07, 6.45) is 0.252. The second-order valence-electron chi connectivity index (χ2n) is 6.04. The van der Waals surface area contributed by atoms with Crippen molar-refractivity contribution < 1.29 is 4.79 Å². The molecule has 0 aliphatic heterocycles. The number of aromatic nitrogens is 1. The Balaban J connectivity index is 1.40. The molecule has 136 valence electrons. The Bertz CT molecular complexity index is 1140. The number of thiazole rings is 1. The van der Waals surface area contributed by atoms with Gasteiger partial charge in [0.05, 0.1) is 17.0 Å². The number of thiophene rings is 1. The zero-order valence-electron chi connectivity index (χ0n) is 14.9. The molecule has 0 saturated heterocycles. The highest BCUT2D eigenvalue weighted by Gasteiger charge is 2.10. The van der Waals surface area contributed by atoms with Gasteiger partial charge < -0.3 is 5.32 Å². The molecular weight excluding hydrogens is 384 g/mol. The summed E-state index contributed by atoms with van der Waals surface area (Å²) >= 11 is 3.21. The highest BCUT2D eigenvalue weighted by atomic mass is 32.1. The lowest BCUT2D eigenvalue weighted by molar-refractivity contribution is -0.115. The second-order valence-corrected chi connectivity index (χ2v) is 7.85. The third-order valence-corrected chi connectivity index (χ3v) is 5.83. The van der Waals surface area contributed by atoms with E-state index in [9.17, 15) is 4.79 Å². The highest BCUT2D eigenvalue weighted by molar-refractivity contribution is 7.20. The number of amides is 1. The van der Waals surface area contributed by atoms with Crippen LogP contribution in [-0.2, 0) is 11.2 Å². The molecule has 1 amide bonds. The fourth-order valence-electron chi connectivity index (χ4n) is 2.61. The summed E-state index contributed by atoms with van der Waals surface area (Å²) < 4.78 is 0. The van der Waals surface area contributed by atoms with Crippen molar-refractivity contribution in [2.75, 3.05) is 5.32 Å². The lowest BCUT2D eigenvalue weighted by atomic mass is 10.1. The molecule has 0 aliphatic rings. The molecule has 0 bridgehead atoms. The SMILES string of the molecule is O=C(Cc1csc(-c2cccs2)n1)Nc1cccc(C#Cc2ccccc2)c1. The summed E-state index contributed by atoms with van der Waals surface area (Å²) in [5, 5.41) is 7.85. The molecular formula is C23H16N2OS2. The van der Waals surface area contributed by atoms with E-state index < -0.39 is 0 Å². The minimum Gasteiger partial charge on any atom is -0.326 e. The van der Waals surface area contributed by atoms with Gasteiger partial charge in [-0.25, -0.2) is 4.98 Å². The van der Waals surface area contributed by atoms with Gasteiger partial charge in [0, 0.05) is 22.2 Å². The molecule has 0 atom stereocenters. The maximum absolute atomic E-state index is 12.4. The molecule has 0 unspecified atom stereocenters. The van der Waals surface area contributed by atoms with Crippen molar-refractivity contribution in [3.05, 3.63) is 94.3 Å². The van der Waals surface area contributed by atoms with Crippen LogP contribution < -0.4 is 5.32 Å². The number of carbonyl (C=O) groups excluding carboxylic acids is 1. The third kappa shape index (κ3) is 4.74. The number of benzene rings is 2. The molecule has 2 aromatic heterocycles. The molecule has 28 heavy (non-hydrogen) atoms. The molecule has 0 spiro atoms. The average molecular weight is 401 g/mol. The zero-order valence-corrected chi connectivity index (χ0v) is 16.5. The first-order chi connectivity index (χ1) is 13.8. The smallest absolute Gasteiger partial charge is 0.230 e. The maximum Gasteiger partial charge on any atom is 0.230 e. The van der Waals surface area contributed by atoms with E-state index in [2.05, 4.69) is 22.1 Å². The first-order valence-electron chi connectivity index (χ1n) is 8.71. The van der Waals surface area contributed by atoms with Crippen LogP contribution in [0.25, 0.3) is 9.88 Å². The van der Waals surface area contributed by atoms with E-state index in [1.807, 2.05) is 77.5 Å². The highest BCUT2D eigenvalue weighted by Crippen LogP contribution is 2.28. The van der Waals surface area contributed by atoms with Crippen molar-refractivity contribution in [2.45, 2.75) is 6.42 Å². The largest absolute Gasteiger partial charge is 0.326 e. The van der Waals surface area contributed by atoms with E-state index in [1.54, 1.807) is 22.7 Å². The lowest BCUT2D eigenvalue weighted by Gasteiger charge is -2.04. The first kappa shape index (κ1) is 18.2. The van der Waals surface area contributed by atoms with Gasteiger partial charge in [0.1, 0.15) is 5.01 Å². The minimum atomic E-state index is -0.0869.